The van der Waals surface area contributed by atoms with Gasteiger partial charge in [-0.15, -0.1) is 0 Å². The molecule has 2 aliphatic heterocycles. The van der Waals surface area contributed by atoms with Crippen LogP contribution in [0.15, 0.2) is 60.7 Å². The van der Waals surface area contributed by atoms with Crippen LogP contribution < -0.4 is 5.73 Å². The fraction of sp³-hybridized carbons (Fsp3) is 0.588. The highest BCUT2D eigenvalue weighted by molar-refractivity contribution is 5.33. The summed E-state index contributed by atoms with van der Waals surface area (Å²) in [5, 5.41) is 79.7. The quantitative estimate of drug-likeness (QED) is 0.131. The van der Waals surface area contributed by atoms with Crippen molar-refractivity contribution < 1.29 is 69.4 Å². The predicted molar refractivity (Wildman–Crippen MR) is 175 cm³/mol. The van der Waals surface area contributed by atoms with Gasteiger partial charge in [-0.05, 0) is 25.7 Å². The number of aliphatic hydroxyl groups is 6. The number of nitrogens with zero attached hydrogens (tertiary/aromatic N) is 1. The first-order chi connectivity index (χ1) is 24.0. The van der Waals surface area contributed by atoms with Crippen molar-refractivity contribution in [1.29, 1.82) is 0 Å². The number of benzene rings is 2. The Morgan fingerprint density at radius 1 is 0.680 bits per heavy atom. The molecule has 10 atom stereocenters. The zero-order chi connectivity index (χ0) is 36.6. The normalized spacial score (nSPS) is 30.6. The number of rotatable bonds is 11. The molecule has 0 bridgehead atoms. The van der Waals surface area contributed by atoms with Gasteiger partial charge in [0.15, 0.2) is 12.6 Å². The third kappa shape index (κ3) is 12.0. The molecule has 2 saturated heterocycles. The van der Waals surface area contributed by atoms with E-state index >= 15 is 0 Å². The maximum Gasteiger partial charge on any atom is 0.290 e. The maximum absolute atomic E-state index is 11.2. The summed E-state index contributed by atoms with van der Waals surface area (Å²) in [6.07, 6.45) is -8.98. The highest BCUT2D eigenvalue weighted by atomic mass is 16.7. The maximum atomic E-state index is 11.2. The van der Waals surface area contributed by atoms with Crippen molar-refractivity contribution in [2.45, 2.75) is 99.2 Å². The highest BCUT2D eigenvalue weighted by Gasteiger charge is 2.43. The van der Waals surface area contributed by atoms with Crippen LogP contribution in [-0.4, -0.2) is 146 Å². The summed E-state index contributed by atoms with van der Waals surface area (Å²) >= 11 is 0. The monoisotopic (exact) mass is 710 g/mol. The van der Waals surface area contributed by atoms with Crippen molar-refractivity contribution in [2.24, 2.45) is 5.73 Å². The lowest BCUT2D eigenvalue weighted by molar-refractivity contribution is -0.285. The highest BCUT2D eigenvalue weighted by Crippen LogP contribution is 2.31. The van der Waals surface area contributed by atoms with Crippen molar-refractivity contribution >= 4 is 12.9 Å². The summed E-state index contributed by atoms with van der Waals surface area (Å²) in [5.41, 5.74) is 7.57. The molecule has 2 aromatic rings. The summed E-state index contributed by atoms with van der Waals surface area (Å²) in [5.74, 6) is 0. The fourth-order valence-corrected chi connectivity index (χ4v) is 6.27. The molecule has 0 radical (unpaired) electrons. The molecule has 16 heteroatoms. The number of nitrogens with two attached hydrogens (primary N) is 1. The molecule has 1 aliphatic carbocycles. The van der Waals surface area contributed by atoms with Crippen molar-refractivity contribution in [1.82, 2.24) is 4.90 Å². The lowest BCUT2D eigenvalue weighted by Crippen LogP contribution is -2.58. The average Bonchev–Trinajstić information content (AvgIpc) is 3.13. The van der Waals surface area contributed by atoms with Gasteiger partial charge in [0, 0.05) is 36.3 Å². The molecule has 2 heterocycles. The lowest BCUT2D eigenvalue weighted by atomic mass is 9.89. The van der Waals surface area contributed by atoms with Gasteiger partial charge in [-0.25, -0.2) is 0 Å². The molecule has 3 aliphatic rings. The third-order valence-electron chi connectivity index (χ3n) is 8.86. The standard InChI is InChI=1S/C32H46N2O10.2CH2O2/c33-21-11-13-22(14-12-21)34(15-23(35)27(39)29-25(37)17-41-31(43-29)19-7-3-1-4-8-19)16-24(36)28(40)30-26(38)18-42-32(44-30)20-9-5-2-6-10-20;2*2-1-3/h1-10,21-32,35-40H,11-18,33H2;2*1H,(H,2,3)/t21?,22?,23-,24-,25+,26+,27+,28+,29+,30+,31?,32?;;/m0../s1. The van der Waals surface area contributed by atoms with Crippen LogP contribution in [0.3, 0.4) is 0 Å². The van der Waals surface area contributed by atoms with Crippen LogP contribution in [0, 0.1) is 0 Å². The van der Waals surface area contributed by atoms with Crippen LogP contribution in [0.25, 0.3) is 0 Å². The van der Waals surface area contributed by atoms with Gasteiger partial charge in [0.05, 0.1) is 25.4 Å². The van der Waals surface area contributed by atoms with Crippen LogP contribution in [0.1, 0.15) is 49.4 Å². The summed E-state index contributed by atoms with van der Waals surface area (Å²) < 4.78 is 23.0. The summed E-state index contributed by atoms with van der Waals surface area (Å²) in [4.78, 5) is 18.6. The molecular formula is C34H50N2O14. The van der Waals surface area contributed by atoms with Crippen molar-refractivity contribution in [2.75, 3.05) is 26.3 Å². The van der Waals surface area contributed by atoms with E-state index in [1.54, 1.807) is 0 Å². The Balaban J connectivity index is 0.00000105. The average molecular weight is 711 g/mol. The van der Waals surface area contributed by atoms with E-state index in [1.807, 2.05) is 65.6 Å². The molecule has 0 spiro atoms. The van der Waals surface area contributed by atoms with E-state index in [0.717, 1.165) is 24.0 Å². The van der Waals surface area contributed by atoms with Gasteiger partial charge in [0.25, 0.3) is 12.9 Å². The van der Waals surface area contributed by atoms with E-state index in [-0.39, 0.29) is 51.3 Å². The zero-order valence-electron chi connectivity index (χ0n) is 27.6. The Labute approximate surface area is 290 Å². The SMILES string of the molecule is NC1CCC(N(C[C@H](O)[C@@H](O)[C@@H]2OC(c3ccccc3)OC[C@H]2O)C[C@H](O)[C@@H](O)[C@@H]2OC(c3ccccc3)OC[C@H]2O)CC1.O=CO.O=CO. The van der Waals surface area contributed by atoms with Gasteiger partial charge in [0.2, 0.25) is 0 Å². The van der Waals surface area contributed by atoms with Crippen LogP contribution in [0.5, 0.6) is 0 Å². The number of carboxylic acid groups (broad SMARTS) is 2. The van der Waals surface area contributed by atoms with Gasteiger partial charge in [-0.1, -0.05) is 60.7 Å². The number of carbonyl (C=O) groups is 2. The van der Waals surface area contributed by atoms with Gasteiger partial charge < -0.3 is 65.5 Å². The van der Waals surface area contributed by atoms with Crippen molar-refractivity contribution in [3.8, 4) is 0 Å². The van der Waals surface area contributed by atoms with Crippen LogP contribution in [0.4, 0.5) is 0 Å². The fourth-order valence-electron chi connectivity index (χ4n) is 6.27. The summed E-state index contributed by atoms with van der Waals surface area (Å²) in [7, 11) is 0. The smallest absolute Gasteiger partial charge is 0.290 e. The minimum absolute atomic E-state index is 0.0561. The van der Waals surface area contributed by atoms with Crippen LogP contribution in [-0.2, 0) is 28.5 Å². The first-order valence-corrected chi connectivity index (χ1v) is 16.4. The van der Waals surface area contributed by atoms with E-state index in [0.29, 0.717) is 12.8 Å². The Morgan fingerprint density at radius 2 is 1.04 bits per heavy atom. The van der Waals surface area contributed by atoms with Crippen molar-refractivity contribution in [3.63, 3.8) is 0 Å². The molecule has 10 N–H and O–H groups in total. The Bertz CT molecular complexity index is 1140. The minimum atomic E-state index is -1.47. The molecule has 5 rings (SSSR count). The van der Waals surface area contributed by atoms with E-state index in [9.17, 15) is 30.6 Å². The molecule has 0 aromatic heterocycles. The van der Waals surface area contributed by atoms with Gasteiger partial charge in [0.1, 0.15) is 36.6 Å². The van der Waals surface area contributed by atoms with E-state index in [4.69, 9.17) is 44.5 Å². The topological polar surface area (TPSA) is 262 Å². The molecule has 50 heavy (non-hydrogen) atoms. The summed E-state index contributed by atoms with van der Waals surface area (Å²) in [6.45, 7) is -0.808. The second kappa shape index (κ2) is 21.3. The molecule has 2 unspecified atom stereocenters. The third-order valence-corrected chi connectivity index (χ3v) is 8.86. The Kier molecular flexibility index (Phi) is 17.6. The van der Waals surface area contributed by atoms with Gasteiger partial charge in [-0.3, -0.25) is 14.5 Å². The minimum Gasteiger partial charge on any atom is -0.483 e. The zero-order valence-corrected chi connectivity index (χ0v) is 27.6. The second-order valence-corrected chi connectivity index (χ2v) is 12.3. The van der Waals surface area contributed by atoms with Crippen LogP contribution >= 0.6 is 0 Å². The van der Waals surface area contributed by atoms with E-state index in [1.165, 1.54) is 0 Å². The number of hydrogen-bond acceptors (Lipinski definition) is 14. The molecular weight excluding hydrogens is 660 g/mol. The first-order valence-electron chi connectivity index (χ1n) is 16.4. The van der Waals surface area contributed by atoms with Crippen molar-refractivity contribution in [3.05, 3.63) is 71.8 Å². The van der Waals surface area contributed by atoms with Crippen LogP contribution in [0.2, 0.25) is 0 Å². The molecule has 16 nitrogen and oxygen atoms in total. The summed E-state index contributed by atoms with van der Waals surface area (Å²) in [6, 6.07) is 18.2. The molecule has 3 fully saturated rings. The van der Waals surface area contributed by atoms with E-state index in [2.05, 4.69) is 0 Å². The number of ether oxygens (including phenoxy) is 4. The molecule has 0 amide bonds. The van der Waals surface area contributed by atoms with E-state index < -0.39 is 61.4 Å². The second-order valence-electron chi connectivity index (χ2n) is 12.3. The number of aliphatic hydroxyl groups excluding tert-OH is 6. The van der Waals surface area contributed by atoms with Gasteiger partial charge in [-0.2, -0.15) is 0 Å². The molecule has 280 valence electrons. The predicted octanol–water partition coefficient (Wildman–Crippen LogP) is -0.646. The molecule has 1 saturated carbocycles. The Morgan fingerprint density at radius 3 is 1.40 bits per heavy atom. The lowest BCUT2D eigenvalue weighted by Gasteiger charge is -2.43. The largest absolute Gasteiger partial charge is 0.483 e. The first kappa shape index (κ1) is 41.3. The van der Waals surface area contributed by atoms with Gasteiger partial charge >= 0.3 is 0 Å². The Hall–Kier alpha value is -3.10. The molecule has 2 aromatic carbocycles. The number of hydrogen-bond donors (Lipinski definition) is 9.